The van der Waals surface area contributed by atoms with Crippen LogP contribution < -0.4 is 0 Å². The predicted molar refractivity (Wildman–Crippen MR) is 71.7 cm³/mol. The Bertz CT molecular complexity index is 469. The van der Waals surface area contributed by atoms with E-state index in [0.29, 0.717) is 0 Å². The fraction of sp³-hybridized carbons (Fsp3) is 0.429. The smallest absolute Gasteiger partial charge is 0.331 e. The maximum atomic E-state index is 11.2. The zero-order valence-electron chi connectivity index (χ0n) is 12.2. The minimum atomic E-state index is -0.969. The summed E-state index contributed by atoms with van der Waals surface area (Å²) in [5, 5.41) is 0. The van der Waals surface area contributed by atoms with Gasteiger partial charge in [-0.05, 0) is 13.8 Å². The Balaban J connectivity index is 4.03. The van der Waals surface area contributed by atoms with Crippen LogP contribution in [0.5, 0.6) is 0 Å². The summed E-state index contributed by atoms with van der Waals surface area (Å²) in [5.74, 6) is -3.77. The molecule has 0 aliphatic carbocycles. The van der Waals surface area contributed by atoms with Crippen molar-refractivity contribution in [3.63, 3.8) is 0 Å². The maximum absolute atomic E-state index is 11.2. The van der Waals surface area contributed by atoms with Crippen LogP contribution >= 0.6 is 0 Å². The summed E-state index contributed by atoms with van der Waals surface area (Å²) in [5.41, 5.74) is 0. The van der Waals surface area contributed by atoms with Gasteiger partial charge in [0.1, 0.15) is 11.6 Å². The molecule has 0 aliphatic rings. The number of hydrogen-bond acceptors (Lipinski definition) is 8. The number of carbonyl (C=O) groups is 6. The SMILES string of the molecule is CC(=O)CC(=O)COC(=O)/C=C\C(=O)OCC(=O)CC(C)=O. The van der Waals surface area contributed by atoms with Gasteiger partial charge in [-0.2, -0.15) is 0 Å². The van der Waals surface area contributed by atoms with Gasteiger partial charge in [0.05, 0.1) is 12.8 Å². The number of esters is 2. The molecular weight excluding hydrogens is 296 g/mol. The molecule has 0 N–H and O–H groups in total. The Kier molecular flexibility index (Phi) is 8.92. The first kappa shape index (κ1) is 19.4. The van der Waals surface area contributed by atoms with Gasteiger partial charge in [-0.1, -0.05) is 0 Å². The lowest BCUT2D eigenvalue weighted by Gasteiger charge is -2.00. The molecule has 0 bridgehead atoms. The summed E-state index contributed by atoms with van der Waals surface area (Å²) in [4.78, 5) is 65.7. The van der Waals surface area contributed by atoms with Gasteiger partial charge in [-0.15, -0.1) is 0 Å². The first-order valence-corrected chi connectivity index (χ1v) is 6.24. The molecule has 0 aliphatic heterocycles. The number of Topliss-reactive ketones (excluding diaryl/α,β-unsaturated/α-hetero) is 4. The van der Waals surface area contributed by atoms with Gasteiger partial charge in [0.2, 0.25) is 0 Å². The Morgan fingerprint density at radius 3 is 1.27 bits per heavy atom. The van der Waals surface area contributed by atoms with Gasteiger partial charge in [0, 0.05) is 12.2 Å². The van der Waals surface area contributed by atoms with Gasteiger partial charge in [0.25, 0.3) is 0 Å². The van der Waals surface area contributed by atoms with E-state index in [2.05, 4.69) is 9.47 Å². The van der Waals surface area contributed by atoms with Crippen LogP contribution in [0.2, 0.25) is 0 Å². The lowest BCUT2D eigenvalue weighted by atomic mass is 10.2. The van der Waals surface area contributed by atoms with E-state index in [0.717, 1.165) is 12.2 Å². The van der Waals surface area contributed by atoms with Gasteiger partial charge >= 0.3 is 11.9 Å². The number of rotatable bonds is 10. The van der Waals surface area contributed by atoms with Crippen LogP contribution in [0.4, 0.5) is 0 Å². The average molecular weight is 312 g/mol. The molecule has 0 atom stereocenters. The van der Waals surface area contributed by atoms with Gasteiger partial charge < -0.3 is 9.47 Å². The second-order valence-electron chi connectivity index (χ2n) is 4.38. The fourth-order valence-corrected chi connectivity index (χ4v) is 1.19. The summed E-state index contributed by atoms with van der Waals surface area (Å²) < 4.78 is 8.97. The zero-order chi connectivity index (χ0) is 17.1. The molecular formula is C14H16O8. The summed E-state index contributed by atoms with van der Waals surface area (Å²) in [6, 6.07) is 0. The predicted octanol–water partition coefficient (Wildman–Crippen LogP) is -0.275. The van der Waals surface area contributed by atoms with E-state index < -0.39 is 36.7 Å². The monoisotopic (exact) mass is 312 g/mol. The normalized spacial score (nSPS) is 10.1. The van der Waals surface area contributed by atoms with E-state index in [4.69, 9.17) is 0 Å². The van der Waals surface area contributed by atoms with Crippen LogP contribution in [0.25, 0.3) is 0 Å². The number of hydrogen-bond donors (Lipinski definition) is 0. The second-order valence-corrected chi connectivity index (χ2v) is 4.38. The summed E-state index contributed by atoms with van der Waals surface area (Å²) in [7, 11) is 0. The maximum Gasteiger partial charge on any atom is 0.331 e. The highest BCUT2D eigenvalue weighted by Crippen LogP contribution is 1.92. The van der Waals surface area contributed by atoms with E-state index in [-0.39, 0.29) is 24.4 Å². The van der Waals surface area contributed by atoms with Gasteiger partial charge in [0.15, 0.2) is 24.8 Å². The van der Waals surface area contributed by atoms with Crippen molar-refractivity contribution in [1.29, 1.82) is 0 Å². The van der Waals surface area contributed by atoms with Gasteiger partial charge in [-0.25, -0.2) is 9.59 Å². The molecule has 0 saturated heterocycles. The fourth-order valence-electron chi connectivity index (χ4n) is 1.19. The van der Waals surface area contributed by atoms with Crippen molar-refractivity contribution in [2.24, 2.45) is 0 Å². The quantitative estimate of drug-likeness (QED) is 0.307. The highest BCUT2D eigenvalue weighted by Gasteiger charge is 2.10. The van der Waals surface area contributed by atoms with Crippen LogP contribution in [0.15, 0.2) is 12.2 Å². The van der Waals surface area contributed by atoms with Crippen LogP contribution in [0.3, 0.4) is 0 Å². The number of ketones is 4. The van der Waals surface area contributed by atoms with E-state index in [9.17, 15) is 28.8 Å². The first-order valence-electron chi connectivity index (χ1n) is 6.24. The zero-order valence-corrected chi connectivity index (χ0v) is 12.2. The van der Waals surface area contributed by atoms with E-state index in [1.54, 1.807) is 0 Å². The molecule has 0 rings (SSSR count). The number of carbonyl (C=O) groups excluding carboxylic acids is 6. The lowest BCUT2D eigenvalue weighted by molar-refractivity contribution is -0.145. The van der Waals surface area contributed by atoms with Crippen molar-refractivity contribution >= 4 is 35.1 Å². The molecule has 120 valence electrons. The molecule has 0 aromatic rings. The second kappa shape index (κ2) is 10.1. The molecule has 0 aromatic carbocycles. The molecule has 8 heteroatoms. The molecule has 22 heavy (non-hydrogen) atoms. The van der Waals surface area contributed by atoms with Crippen molar-refractivity contribution in [3.8, 4) is 0 Å². The van der Waals surface area contributed by atoms with Crippen molar-refractivity contribution in [2.75, 3.05) is 13.2 Å². The molecule has 0 spiro atoms. The van der Waals surface area contributed by atoms with E-state index >= 15 is 0 Å². The summed E-state index contributed by atoms with van der Waals surface area (Å²) in [6.07, 6.45) is 0.770. The van der Waals surface area contributed by atoms with Crippen molar-refractivity contribution in [2.45, 2.75) is 26.7 Å². The molecule has 0 radical (unpaired) electrons. The largest absolute Gasteiger partial charge is 0.455 e. The Hall–Kier alpha value is -2.64. The van der Waals surface area contributed by atoms with Crippen LogP contribution in [0, 0.1) is 0 Å². The minimum absolute atomic E-state index is 0.336. The molecule has 8 nitrogen and oxygen atoms in total. The summed E-state index contributed by atoms with van der Waals surface area (Å²) in [6.45, 7) is 1.30. The molecule has 0 heterocycles. The standard InChI is InChI=1S/C14H16O8/c1-9(15)5-11(17)7-21-13(19)3-4-14(20)22-8-12(18)6-10(2)16/h3-4H,5-8H2,1-2H3/b4-3-. The van der Waals surface area contributed by atoms with E-state index in [1.807, 2.05) is 0 Å². The minimum Gasteiger partial charge on any atom is -0.455 e. The highest BCUT2D eigenvalue weighted by atomic mass is 16.5. The Morgan fingerprint density at radius 1 is 0.682 bits per heavy atom. The van der Waals surface area contributed by atoms with Gasteiger partial charge in [-0.3, -0.25) is 19.2 Å². The first-order chi connectivity index (χ1) is 10.2. The third-order valence-electron chi connectivity index (χ3n) is 2.00. The molecule has 0 amide bonds. The lowest BCUT2D eigenvalue weighted by Crippen LogP contribution is -2.16. The number of ether oxygens (including phenoxy) is 2. The van der Waals surface area contributed by atoms with Crippen LogP contribution in [-0.2, 0) is 38.2 Å². The Labute approximate surface area is 126 Å². The summed E-state index contributed by atoms with van der Waals surface area (Å²) >= 11 is 0. The van der Waals surface area contributed by atoms with Crippen molar-refractivity contribution in [3.05, 3.63) is 12.2 Å². The molecule has 0 saturated carbocycles. The third-order valence-corrected chi connectivity index (χ3v) is 2.00. The van der Waals surface area contributed by atoms with E-state index in [1.165, 1.54) is 13.8 Å². The average Bonchev–Trinajstić information content (AvgIpc) is 2.39. The van der Waals surface area contributed by atoms with Crippen molar-refractivity contribution < 1.29 is 38.2 Å². The Morgan fingerprint density at radius 2 is 1.00 bits per heavy atom. The van der Waals surface area contributed by atoms with Crippen LogP contribution in [0.1, 0.15) is 26.7 Å². The third kappa shape index (κ3) is 11.2. The molecule has 0 fully saturated rings. The molecule has 0 aromatic heterocycles. The topological polar surface area (TPSA) is 121 Å². The molecule has 0 unspecified atom stereocenters. The van der Waals surface area contributed by atoms with Crippen LogP contribution in [-0.4, -0.2) is 48.3 Å². The van der Waals surface area contributed by atoms with Crippen molar-refractivity contribution in [1.82, 2.24) is 0 Å². The highest BCUT2D eigenvalue weighted by molar-refractivity contribution is 6.00.